The Hall–Kier alpha value is -1.79. The van der Waals surface area contributed by atoms with E-state index in [1.807, 2.05) is 34.8 Å². The zero-order valence-electron chi connectivity index (χ0n) is 11.0. The number of nitrogens with zero attached hydrogens (tertiary/aromatic N) is 4. The van der Waals surface area contributed by atoms with Crippen LogP contribution in [0.4, 0.5) is 0 Å². The predicted molar refractivity (Wildman–Crippen MR) is 78.9 cm³/mol. The van der Waals surface area contributed by atoms with E-state index < -0.39 is 0 Å². The first kappa shape index (κ1) is 12.0. The van der Waals surface area contributed by atoms with E-state index in [0.717, 1.165) is 29.4 Å². The van der Waals surface area contributed by atoms with Crippen LogP contribution in [0.5, 0.6) is 0 Å². The molecule has 0 spiro atoms. The fraction of sp³-hybridized carbons (Fsp3) is 0.357. The molecule has 3 heterocycles. The van der Waals surface area contributed by atoms with E-state index in [1.165, 1.54) is 17.8 Å². The number of benzene rings is 1. The number of aromatic nitrogens is 4. The second-order valence-corrected chi connectivity index (χ2v) is 6.06. The third-order valence-electron chi connectivity index (χ3n) is 3.68. The highest BCUT2D eigenvalue weighted by atomic mass is 32.1. The molecule has 0 bridgehead atoms. The van der Waals surface area contributed by atoms with Gasteiger partial charge in [-0.15, -0.1) is 10.2 Å². The van der Waals surface area contributed by atoms with Gasteiger partial charge in [-0.3, -0.25) is 0 Å². The smallest absolute Gasteiger partial charge is 0.234 e. The Kier molecular flexibility index (Phi) is 2.97. The molecule has 1 saturated heterocycles. The van der Waals surface area contributed by atoms with Gasteiger partial charge < -0.3 is 5.32 Å². The van der Waals surface area contributed by atoms with Gasteiger partial charge in [0.25, 0.3) is 0 Å². The maximum absolute atomic E-state index is 4.74. The summed E-state index contributed by atoms with van der Waals surface area (Å²) in [6.45, 7) is 2.14. The van der Waals surface area contributed by atoms with Crippen LogP contribution in [0.1, 0.15) is 23.8 Å². The molecular formula is C14H15N5S. The van der Waals surface area contributed by atoms with Crippen molar-refractivity contribution in [2.75, 3.05) is 13.1 Å². The van der Waals surface area contributed by atoms with Crippen molar-refractivity contribution in [1.82, 2.24) is 25.1 Å². The van der Waals surface area contributed by atoms with Gasteiger partial charge in [0.2, 0.25) is 4.96 Å². The Morgan fingerprint density at radius 3 is 2.90 bits per heavy atom. The Morgan fingerprint density at radius 1 is 1.20 bits per heavy atom. The highest BCUT2D eigenvalue weighted by Gasteiger charge is 2.21. The van der Waals surface area contributed by atoms with Gasteiger partial charge in [0.1, 0.15) is 5.01 Å². The fourth-order valence-corrected chi connectivity index (χ4v) is 3.60. The normalized spacial score (nSPS) is 19.5. The van der Waals surface area contributed by atoms with Gasteiger partial charge in [-0.2, -0.15) is 9.61 Å². The lowest BCUT2D eigenvalue weighted by atomic mass is 10.0. The van der Waals surface area contributed by atoms with E-state index in [0.29, 0.717) is 5.92 Å². The number of piperidine rings is 1. The van der Waals surface area contributed by atoms with Crippen LogP contribution in [0, 0.1) is 0 Å². The summed E-state index contributed by atoms with van der Waals surface area (Å²) in [5.41, 5.74) is 1.05. The van der Waals surface area contributed by atoms with Gasteiger partial charge in [0, 0.05) is 18.0 Å². The number of hydrogen-bond acceptors (Lipinski definition) is 5. The average Bonchev–Trinajstić information content (AvgIpc) is 3.09. The summed E-state index contributed by atoms with van der Waals surface area (Å²) in [6.07, 6.45) is 2.42. The number of fused-ring (bicyclic) bond motifs is 1. The maximum atomic E-state index is 4.74. The zero-order valence-corrected chi connectivity index (χ0v) is 11.8. The first-order valence-corrected chi connectivity index (χ1v) is 7.72. The van der Waals surface area contributed by atoms with Gasteiger partial charge in [-0.05, 0) is 19.4 Å². The maximum Gasteiger partial charge on any atom is 0.234 e. The van der Waals surface area contributed by atoms with Crippen LogP contribution in [-0.4, -0.2) is 32.9 Å². The average molecular weight is 285 g/mol. The lowest BCUT2D eigenvalue weighted by Crippen LogP contribution is -2.28. The van der Waals surface area contributed by atoms with Crippen LogP contribution in [0.2, 0.25) is 0 Å². The minimum atomic E-state index is 0.513. The molecule has 1 aromatic carbocycles. The van der Waals surface area contributed by atoms with Crippen LogP contribution in [0.3, 0.4) is 0 Å². The molecule has 2 aromatic heterocycles. The van der Waals surface area contributed by atoms with E-state index in [2.05, 4.69) is 15.5 Å². The number of nitrogens with one attached hydrogen (secondary N) is 1. The Labute approximate surface area is 120 Å². The van der Waals surface area contributed by atoms with Crippen molar-refractivity contribution in [2.24, 2.45) is 0 Å². The van der Waals surface area contributed by atoms with Gasteiger partial charge in [0.05, 0.1) is 0 Å². The van der Waals surface area contributed by atoms with E-state index >= 15 is 0 Å². The second kappa shape index (κ2) is 4.96. The summed E-state index contributed by atoms with van der Waals surface area (Å²) in [4.78, 5) is 0.879. The Morgan fingerprint density at radius 2 is 2.10 bits per heavy atom. The molecule has 1 N–H and O–H groups in total. The molecule has 1 aliphatic rings. The molecule has 1 unspecified atom stereocenters. The molecule has 0 aliphatic carbocycles. The van der Waals surface area contributed by atoms with Crippen molar-refractivity contribution >= 4 is 16.3 Å². The third-order valence-corrected chi connectivity index (χ3v) is 4.75. The van der Waals surface area contributed by atoms with Crippen LogP contribution in [0.25, 0.3) is 16.3 Å². The molecule has 20 heavy (non-hydrogen) atoms. The highest BCUT2D eigenvalue weighted by molar-refractivity contribution is 7.16. The molecule has 0 radical (unpaired) electrons. The number of hydrogen-bond donors (Lipinski definition) is 1. The third kappa shape index (κ3) is 2.01. The van der Waals surface area contributed by atoms with Crippen LogP contribution in [0.15, 0.2) is 30.3 Å². The van der Waals surface area contributed by atoms with Crippen molar-refractivity contribution in [3.8, 4) is 11.4 Å². The van der Waals surface area contributed by atoms with Crippen molar-refractivity contribution in [2.45, 2.75) is 18.8 Å². The lowest BCUT2D eigenvalue weighted by molar-refractivity contribution is 0.457. The van der Waals surface area contributed by atoms with E-state index in [1.54, 1.807) is 11.3 Å². The van der Waals surface area contributed by atoms with Crippen molar-refractivity contribution in [3.05, 3.63) is 35.3 Å². The molecule has 1 fully saturated rings. The molecule has 4 rings (SSSR count). The summed E-state index contributed by atoms with van der Waals surface area (Å²) in [6, 6.07) is 10.1. The lowest BCUT2D eigenvalue weighted by Gasteiger charge is -2.19. The molecule has 5 nitrogen and oxygen atoms in total. The van der Waals surface area contributed by atoms with Gasteiger partial charge in [0.15, 0.2) is 5.82 Å². The topological polar surface area (TPSA) is 55.1 Å². The summed E-state index contributed by atoms with van der Waals surface area (Å²) in [5.74, 6) is 1.34. The molecule has 6 heteroatoms. The fourth-order valence-electron chi connectivity index (χ4n) is 2.63. The summed E-state index contributed by atoms with van der Waals surface area (Å²) in [7, 11) is 0. The Bertz CT molecular complexity index is 712. The van der Waals surface area contributed by atoms with Crippen LogP contribution in [-0.2, 0) is 0 Å². The zero-order chi connectivity index (χ0) is 13.4. The minimum absolute atomic E-state index is 0.513. The largest absolute Gasteiger partial charge is 0.316 e. The summed E-state index contributed by atoms with van der Waals surface area (Å²) in [5, 5.41) is 17.9. The monoisotopic (exact) mass is 285 g/mol. The quantitative estimate of drug-likeness (QED) is 0.785. The van der Waals surface area contributed by atoms with Crippen molar-refractivity contribution in [1.29, 1.82) is 0 Å². The minimum Gasteiger partial charge on any atom is -0.316 e. The molecule has 0 amide bonds. The first-order valence-electron chi connectivity index (χ1n) is 6.90. The highest BCUT2D eigenvalue weighted by Crippen LogP contribution is 2.29. The molecule has 1 aliphatic heterocycles. The SMILES string of the molecule is c1ccc(-c2nnc3sc(C4CCCNC4)nn23)cc1. The van der Waals surface area contributed by atoms with E-state index in [9.17, 15) is 0 Å². The second-order valence-electron chi connectivity index (χ2n) is 5.07. The Balaban J connectivity index is 1.75. The van der Waals surface area contributed by atoms with Gasteiger partial charge >= 0.3 is 0 Å². The van der Waals surface area contributed by atoms with E-state index in [-0.39, 0.29) is 0 Å². The number of rotatable bonds is 2. The van der Waals surface area contributed by atoms with Gasteiger partial charge in [-0.1, -0.05) is 41.7 Å². The van der Waals surface area contributed by atoms with Crippen molar-refractivity contribution < 1.29 is 0 Å². The standard InChI is InChI=1S/C14H15N5S/c1-2-5-10(6-3-1)12-16-17-14-19(12)18-13(20-14)11-7-4-8-15-9-11/h1-3,5-6,11,15H,4,7-9H2. The first-order chi connectivity index (χ1) is 9.92. The van der Waals surface area contributed by atoms with Crippen LogP contribution < -0.4 is 5.32 Å². The van der Waals surface area contributed by atoms with E-state index in [4.69, 9.17) is 5.10 Å². The molecule has 1 atom stereocenters. The van der Waals surface area contributed by atoms with Crippen LogP contribution >= 0.6 is 11.3 Å². The van der Waals surface area contributed by atoms with Crippen molar-refractivity contribution in [3.63, 3.8) is 0 Å². The molecule has 0 saturated carbocycles. The molecular weight excluding hydrogens is 270 g/mol. The predicted octanol–water partition coefficient (Wildman–Crippen LogP) is 2.32. The summed E-state index contributed by atoms with van der Waals surface area (Å²) >= 11 is 1.66. The molecule has 3 aromatic rings. The van der Waals surface area contributed by atoms with Gasteiger partial charge in [-0.25, -0.2) is 0 Å². The molecule has 102 valence electrons. The summed E-state index contributed by atoms with van der Waals surface area (Å²) < 4.78 is 1.88.